The molecule has 3 atom stereocenters. The molecule has 3 N–H and O–H groups in total. The van der Waals surface area contributed by atoms with Gasteiger partial charge in [-0.1, -0.05) is 157 Å². The summed E-state index contributed by atoms with van der Waals surface area (Å²) in [6.07, 6.45) is 15.8. The lowest BCUT2D eigenvalue weighted by molar-refractivity contribution is -0.253. The van der Waals surface area contributed by atoms with E-state index in [1.807, 2.05) is 54.6 Å². The van der Waals surface area contributed by atoms with Crippen LogP contribution in [-0.4, -0.2) is 41.8 Å². The summed E-state index contributed by atoms with van der Waals surface area (Å²) in [5, 5.41) is 15.5. The fourth-order valence-electron chi connectivity index (χ4n) is 6.66. The first kappa shape index (κ1) is 39.6. The van der Waals surface area contributed by atoms with E-state index in [2.05, 4.69) is 53.6 Å². The molecule has 0 aliphatic carbocycles. The third kappa shape index (κ3) is 14.6. The average molecular weight is 686 g/mol. The Bertz CT molecular complexity index is 1300. The van der Waals surface area contributed by atoms with Crippen LogP contribution in [0.25, 0.3) is 0 Å². The van der Waals surface area contributed by atoms with Gasteiger partial charge in [0.2, 0.25) is 0 Å². The first-order valence-corrected chi connectivity index (χ1v) is 19.4. The monoisotopic (exact) mass is 685 g/mol. The number of benzene rings is 3. The van der Waals surface area contributed by atoms with Gasteiger partial charge in [-0.3, -0.25) is 0 Å². The van der Waals surface area contributed by atoms with Gasteiger partial charge in [0.1, 0.15) is 0 Å². The lowest BCUT2D eigenvalue weighted by Crippen LogP contribution is -2.40. The predicted molar refractivity (Wildman–Crippen MR) is 204 cm³/mol. The zero-order valence-electron chi connectivity index (χ0n) is 30.8. The summed E-state index contributed by atoms with van der Waals surface area (Å²) in [4.78, 5) is 15.1. The molecule has 0 radical (unpaired) electrons. The molecule has 1 heterocycles. The summed E-state index contributed by atoms with van der Waals surface area (Å²) < 4.78 is 13.4. The van der Waals surface area contributed by atoms with Crippen LogP contribution in [0.15, 0.2) is 78.9 Å². The van der Waals surface area contributed by atoms with Gasteiger partial charge in [-0.05, 0) is 48.2 Å². The Hall–Kier alpha value is -3.23. The maximum Gasteiger partial charge on any atom is 0.315 e. The molecule has 274 valence electrons. The van der Waals surface area contributed by atoms with Crippen molar-refractivity contribution in [2.24, 2.45) is 0 Å². The van der Waals surface area contributed by atoms with Crippen LogP contribution in [0.5, 0.6) is 0 Å². The van der Waals surface area contributed by atoms with E-state index < -0.39 is 6.29 Å². The molecule has 3 aromatic carbocycles. The Labute approximate surface area is 302 Å². The highest BCUT2D eigenvalue weighted by molar-refractivity contribution is 5.73. The van der Waals surface area contributed by atoms with Crippen LogP contribution < -0.4 is 10.6 Å². The minimum absolute atomic E-state index is 0.0297. The standard InChI is InChI=1S/C43H63N3O4/c1-3-5-7-9-11-16-28-46(29-17-12-10-8-6-4-2)33-40-30-41(38-24-22-37(34-47)23-25-38)50-42(49-40)39-26-20-36(21-27-39)32-45-43(48)44-31-35-18-14-13-15-19-35/h13-15,18-27,40-42,47H,3-12,16-17,28-34H2,1-2H3,(H2,44,45,48)/t40-,41+,42+/m1/s1. The Balaban J connectivity index is 1.38. The second-order valence-electron chi connectivity index (χ2n) is 13.9. The highest BCUT2D eigenvalue weighted by Gasteiger charge is 2.33. The minimum atomic E-state index is -0.489. The van der Waals surface area contributed by atoms with Crippen molar-refractivity contribution in [1.82, 2.24) is 15.5 Å². The quantitative estimate of drug-likeness (QED) is 0.0866. The zero-order valence-corrected chi connectivity index (χ0v) is 30.8. The molecular formula is C43H63N3O4. The van der Waals surface area contributed by atoms with Crippen LogP contribution in [0.2, 0.25) is 0 Å². The highest BCUT2D eigenvalue weighted by atomic mass is 16.7. The van der Waals surface area contributed by atoms with E-state index in [0.717, 1.165) is 53.9 Å². The number of carbonyl (C=O) groups excluding carboxylic acids is 1. The van der Waals surface area contributed by atoms with Gasteiger partial charge in [0.15, 0.2) is 6.29 Å². The number of aliphatic hydroxyl groups is 1. The molecule has 1 saturated heterocycles. The Morgan fingerprint density at radius 2 is 1.18 bits per heavy atom. The van der Waals surface area contributed by atoms with E-state index in [1.54, 1.807) is 0 Å². The molecule has 1 aliphatic rings. The molecule has 1 fully saturated rings. The van der Waals surface area contributed by atoms with E-state index in [-0.39, 0.29) is 24.8 Å². The van der Waals surface area contributed by atoms with Crippen molar-refractivity contribution < 1.29 is 19.4 Å². The molecule has 0 aromatic heterocycles. The number of rotatable bonds is 23. The molecule has 2 amide bonds. The molecule has 4 rings (SSSR count). The third-order valence-corrected chi connectivity index (χ3v) is 9.73. The summed E-state index contributed by atoms with van der Waals surface area (Å²) in [7, 11) is 0. The maximum absolute atomic E-state index is 12.4. The Morgan fingerprint density at radius 3 is 1.76 bits per heavy atom. The molecule has 0 bridgehead atoms. The van der Waals surface area contributed by atoms with Crippen LogP contribution in [-0.2, 0) is 29.2 Å². The van der Waals surface area contributed by atoms with Crippen LogP contribution in [0.4, 0.5) is 4.79 Å². The van der Waals surface area contributed by atoms with Crippen molar-refractivity contribution in [3.05, 3.63) is 107 Å². The Morgan fingerprint density at radius 1 is 0.660 bits per heavy atom. The average Bonchev–Trinajstić information content (AvgIpc) is 3.16. The molecule has 0 spiro atoms. The number of aliphatic hydroxyl groups excluding tert-OH is 1. The normalized spacial score (nSPS) is 17.6. The fraction of sp³-hybridized carbons (Fsp3) is 0.558. The zero-order chi connectivity index (χ0) is 35.2. The molecular weight excluding hydrogens is 622 g/mol. The second kappa shape index (κ2) is 23.3. The van der Waals surface area contributed by atoms with Gasteiger partial charge in [-0.25, -0.2) is 4.79 Å². The lowest BCUT2D eigenvalue weighted by atomic mass is 9.99. The SMILES string of the molecule is CCCCCCCCN(CCCCCCCC)C[C@H]1C[C@@H](c2ccc(CO)cc2)O[C@@H](c2ccc(CNC(=O)NCc3ccccc3)cc2)O1. The number of hydrogen-bond acceptors (Lipinski definition) is 5. The lowest BCUT2D eigenvalue weighted by Gasteiger charge is -2.38. The number of unbranched alkanes of at least 4 members (excludes halogenated alkanes) is 10. The summed E-state index contributed by atoms with van der Waals surface area (Å²) in [6, 6.07) is 26.0. The molecule has 1 aliphatic heterocycles. The number of carbonyl (C=O) groups is 1. The van der Waals surface area contributed by atoms with Crippen LogP contribution in [0, 0.1) is 0 Å². The number of amides is 2. The van der Waals surface area contributed by atoms with Crippen molar-refractivity contribution in [3.8, 4) is 0 Å². The minimum Gasteiger partial charge on any atom is -0.392 e. The third-order valence-electron chi connectivity index (χ3n) is 9.73. The van der Waals surface area contributed by atoms with Crippen LogP contribution >= 0.6 is 0 Å². The van der Waals surface area contributed by atoms with E-state index in [0.29, 0.717) is 13.1 Å². The van der Waals surface area contributed by atoms with E-state index in [4.69, 9.17) is 9.47 Å². The van der Waals surface area contributed by atoms with E-state index in [9.17, 15) is 9.90 Å². The van der Waals surface area contributed by atoms with Gasteiger partial charge < -0.3 is 30.1 Å². The van der Waals surface area contributed by atoms with Crippen LogP contribution in [0.3, 0.4) is 0 Å². The van der Waals surface area contributed by atoms with Crippen molar-refractivity contribution >= 4 is 6.03 Å². The van der Waals surface area contributed by atoms with E-state index >= 15 is 0 Å². The smallest absolute Gasteiger partial charge is 0.315 e. The highest BCUT2D eigenvalue weighted by Crippen LogP contribution is 2.38. The van der Waals surface area contributed by atoms with Crippen LogP contribution in [0.1, 0.15) is 138 Å². The largest absolute Gasteiger partial charge is 0.392 e. The maximum atomic E-state index is 12.4. The van der Waals surface area contributed by atoms with Gasteiger partial charge in [0, 0.05) is 31.6 Å². The summed E-state index contributed by atoms with van der Waals surface area (Å²) in [5.74, 6) is 0. The van der Waals surface area contributed by atoms with Gasteiger partial charge in [0.05, 0.1) is 18.8 Å². The van der Waals surface area contributed by atoms with Gasteiger partial charge >= 0.3 is 6.03 Å². The van der Waals surface area contributed by atoms with Gasteiger partial charge in [0.25, 0.3) is 0 Å². The molecule has 3 aromatic rings. The topological polar surface area (TPSA) is 83.1 Å². The molecule has 0 unspecified atom stereocenters. The molecule has 50 heavy (non-hydrogen) atoms. The number of urea groups is 1. The molecule has 0 saturated carbocycles. The van der Waals surface area contributed by atoms with Gasteiger partial charge in [-0.2, -0.15) is 0 Å². The number of nitrogens with one attached hydrogen (secondary N) is 2. The Kier molecular flexibility index (Phi) is 18.4. The first-order chi connectivity index (χ1) is 24.6. The molecule has 7 heteroatoms. The van der Waals surface area contributed by atoms with Crippen molar-refractivity contribution in [2.75, 3.05) is 19.6 Å². The van der Waals surface area contributed by atoms with Crippen molar-refractivity contribution in [2.45, 2.75) is 136 Å². The molecule has 7 nitrogen and oxygen atoms in total. The van der Waals surface area contributed by atoms with Crippen molar-refractivity contribution in [1.29, 1.82) is 0 Å². The predicted octanol–water partition coefficient (Wildman–Crippen LogP) is 9.75. The number of ether oxygens (including phenoxy) is 2. The van der Waals surface area contributed by atoms with Crippen molar-refractivity contribution in [3.63, 3.8) is 0 Å². The first-order valence-electron chi connectivity index (χ1n) is 19.4. The fourth-order valence-corrected chi connectivity index (χ4v) is 6.66. The summed E-state index contributed by atoms with van der Waals surface area (Å²) in [5.41, 5.74) is 5.06. The van der Waals surface area contributed by atoms with E-state index in [1.165, 1.54) is 77.0 Å². The summed E-state index contributed by atoms with van der Waals surface area (Å²) in [6.45, 7) is 8.63. The van der Waals surface area contributed by atoms with Gasteiger partial charge in [-0.15, -0.1) is 0 Å². The second-order valence-corrected chi connectivity index (χ2v) is 13.9. The summed E-state index contributed by atoms with van der Waals surface area (Å²) >= 11 is 0. The number of hydrogen-bond donors (Lipinski definition) is 3. The number of nitrogens with zero attached hydrogens (tertiary/aromatic N) is 1.